The van der Waals surface area contributed by atoms with Crippen molar-refractivity contribution in [3.8, 4) is 0 Å². The Morgan fingerprint density at radius 1 is 1.18 bits per heavy atom. The summed E-state index contributed by atoms with van der Waals surface area (Å²) >= 11 is 1.20. The number of aromatic carboxylic acids is 1. The highest BCUT2D eigenvalue weighted by Gasteiger charge is 2.15. The Hall–Kier alpha value is -3.53. The molecule has 3 rings (SSSR count). The van der Waals surface area contributed by atoms with Crippen LogP contribution in [0.5, 0.6) is 0 Å². The summed E-state index contributed by atoms with van der Waals surface area (Å²) in [6, 6.07) is 12.6. The number of hydrogen-bond acceptors (Lipinski definition) is 7. The van der Waals surface area contributed by atoms with E-state index in [1.807, 2.05) is 0 Å². The van der Waals surface area contributed by atoms with Crippen molar-refractivity contribution in [2.45, 2.75) is 17.3 Å². The molecule has 0 atom stereocenters. The fourth-order valence-corrected chi connectivity index (χ4v) is 3.24. The number of nitrogens with one attached hydrogen (secondary N) is 1. The lowest BCUT2D eigenvalue weighted by atomic mass is 10.1. The van der Waals surface area contributed by atoms with Gasteiger partial charge >= 0.3 is 5.97 Å². The summed E-state index contributed by atoms with van der Waals surface area (Å²) < 4.78 is 0. The van der Waals surface area contributed by atoms with Gasteiger partial charge in [0.15, 0.2) is 5.16 Å². The number of thioether (sulfide) groups is 1. The average Bonchev–Trinajstić information content (AvgIpc) is 2.68. The molecule has 1 heterocycles. The quantitative estimate of drug-likeness (QED) is 0.352. The zero-order valence-corrected chi connectivity index (χ0v) is 15.2. The number of nitro benzene ring substituents is 1. The van der Waals surface area contributed by atoms with E-state index in [9.17, 15) is 19.7 Å². The minimum atomic E-state index is -1.01. The lowest BCUT2D eigenvalue weighted by Gasteiger charge is -2.04. The highest BCUT2D eigenvalue weighted by Crippen LogP contribution is 2.21. The Balaban J connectivity index is 1.73. The van der Waals surface area contributed by atoms with Gasteiger partial charge in [-0.15, -0.1) is 10.2 Å². The van der Waals surface area contributed by atoms with Crippen LogP contribution in [0.15, 0.2) is 58.5 Å². The Morgan fingerprint density at radius 3 is 2.68 bits per heavy atom. The van der Waals surface area contributed by atoms with Gasteiger partial charge < -0.3 is 5.11 Å². The van der Waals surface area contributed by atoms with Crippen LogP contribution in [0.25, 0.3) is 0 Å². The minimum absolute atomic E-state index is 0.00884. The highest BCUT2D eigenvalue weighted by atomic mass is 32.2. The number of H-pyrrole nitrogens is 1. The number of aromatic amines is 1. The molecule has 0 aliphatic rings. The number of carboxylic acids is 1. The Morgan fingerprint density at radius 2 is 1.96 bits per heavy atom. The molecule has 0 bridgehead atoms. The number of benzene rings is 2. The predicted octanol–water partition coefficient (Wildman–Crippen LogP) is 2.65. The molecule has 3 aromatic rings. The molecule has 2 N–H and O–H groups in total. The van der Waals surface area contributed by atoms with Crippen molar-refractivity contribution in [3.63, 3.8) is 0 Å². The maximum Gasteiger partial charge on any atom is 0.335 e. The molecule has 0 fully saturated rings. The van der Waals surface area contributed by atoms with E-state index in [4.69, 9.17) is 5.11 Å². The van der Waals surface area contributed by atoms with Crippen molar-refractivity contribution in [2.75, 3.05) is 0 Å². The number of carbonyl (C=O) groups is 1. The van der Waals surface area contributed by atoms with Crippen LogP contribution in [0, 0.1) is 10.1 Å². The molecule has 9 nitrogen and oxygen atoms in total. The maximum absolute atomic E-state index is 12.3. The topological polar surface area (TPSA) is 139 Å². The van der Waals surface area contributed by atoms with Crippen molar-refractivity contribution >= 4 is 23.4 Å². The molecule has 0 unspecified atom stereocenters. The first-order chi connectivity index (χ1) is 13.4. The van der Waals surface area contributed by atoms with Gasteiger partial charge in [0.05, 0.1) is 10.5 Å². The van der Waals surface area contributed by atoms with E-state index in [-0.39, 0.29) is 28.5 Å². The van der Waals surface area contributed by atoms with Crippen molar-refractivity contribution < 1.29 is 14.8 Å². The van der Waals surface area contributed by atoms with E-state index in [1.54, 1.807) is 36.4 Å². The maximum atomic E-state index is 12.3. The lowest BCUT2D eigenvalue weighted by Crippen LogP contribution is -2.18. The van der Waals surface area contributed by atoms with Crippen molar-refractivity contribution in [1.29, 1.82) is 0 Å². The molecule has 0 radical (unpaired) electrons. The molecule has 0 aliphatic heterocycles. The van der Waals surface area contributed by atoms with Crippen LogP contribution in [0.1, 0.15) is 27.2 Å². The number of rotatable bonds is 7. The molecule has 142 valence electrons. The summed E-state index contributed by atoms with van der Waals surface area (Å²) in [5, 5.41) is 28.2. The fraction of sp³-hybridized carbons (Fsp3) is 0.111. The lowest BCUT2D eigenvalue weighted by molar-refractivity contribution is -0.385. The Labute approximate surface area is 162 Å². The molecule has 0 aliphatic carbocycles. The van der Waals surface area contributed by atoms with Crippen molar-refractivity contribution in [3.05, 3.63) is 91.4 Å². The molecule has 10 heteroatoms. The smallest absolute Gasteiger partial charge is 0.335 e. The van der Waals surface area contributed by atoms with Gasteiger partial charge in [0.2, 0.25) is 0 Å². The third-order valence-electron chi connectivity index (χ3n) is 3.84. The first kappa shape index (κ1) is 19.2. The molecule has 28 heavy (non-hydrogen) atoms. The largest absolute Gasteiger partial charge is 0.478 e. The van der Waals surface area contributed by atoms with Crippen LogP contribution >= 0.6 is 11.8 Å². The third kappa shape index (κ3) is 4.60. The second-order valence-corrected chi connectivity index (χ2v) is 6.73. The molecule has 0 amide bonds. The Kier molecular flexibility index (Phi) is 5.80. The molecule has 2 aromatic carbocycles. The van der Waals surface area contributed by atoms with Gasteiger partial charge in [-0.1, -0.05) is 42.1 Å². The SMILES string of the molecule is O=C(O)c1cccc(CSc2nnc(Cc3ccccc3[N+](=O)[O-])c(=O)[nH]2)c1. The van der Waals surface area contributed by atoms with E-state index >= 15 is 0 Å². The number of carboxylic acid groups (broad SMARTS) is 1. The minimum Gasteiger partial charge on any atom is -0.478 e. The summed E-state index contributed by atoms with van der Waals surface area (Å²) in [5.74, 6) is -0.616. The number of hydrogen-bond donors (Lipinski definition) is 2. The molecule has 0 spiro atoms. The Bertz CT molecular complexity index is 1100. The monoisotopic (exact) mass is 398 g/mol. The first-order valence-corrected chi connectivity index (χ1v) is 9.06. The van der Waals surface area contributed by atoms with Gasteiger partial charge in [0.1, 0.15) is 5.69 Å². The number of nitro groups is 1. The van der Waals surface area contributed by atoms with Crippen LogP contribution in [-0.2, 0) is 12.2 Å². The molecular formula is C18H14N4O5S. The summed E-state index contributed by atoms with van der Waals surface area (Å²) in [7, 11) is 0. The van der Waals surface area contributed by atoms with Crippen LogP contribution in [-0.4, -0.2) is 31.2 Å². The van der Waals surface area contributed by atoms with E-state index in [1.165, 1.54) is 23.9 Å². The first-order valence-electron chi connectivity index (χ1n) is 8.07. The summed E-state index contributed by atoms with van der Waals surface area (Å²) in [5.41, 5.74) is 0.828. The van der Waals surface area contributed by atoms with Crippen LogP contribution < -0.4 is 5.56 Å². The average molecular weight is 398 g/mol. The van der Waals surface area contributed by atoms with E-state index in [0.717, 1.165) is 5.56 Å². The fourth-order valence-electron chi connectivity index (χ4n) is 2.49. The second kappa shape index (κ2) is 8.44. The normalized spacial score (nSPS) is 10.6. The van der Waals surface area contributed by atoms with Crippen LogP contribution in [0.3, 0.4) is 0 Å². The van der Waals surface area contributed by atoms with E-state index in [0.29, 0.717) is 11.3 Å². The zero-order valence-electron chi connectivity index (χ0n) is 14.4. The van der Waals surface area contributed by atoms with Crippen molar-refractivity contribution in [2.24, 2.45) is 0 Å². The molecule has 1 aromatic heterocycles. The third-order valence-corrected chi connectivity index (χ3v) is 4.77. The number of aromatic nitrogens is 3. The van der Waals surface area contributed by atoms with Gasteiger partial charge in [-0.05, 0) is 17.7 Å². The van der Waals surface area contributed by atoms with Crippen LogP contribution in [0.4, 0.5) is 5.69 Å². The predicted molar refractivity (Wildman–Crippen MR) is 102 cm³/mol. The van der Waals surface area contributed by atoms with E-state index < -0.39 is 16.5 Å². The summed E-state index contributed by atoms with van der Waals surface area (Å²) in [6.07, 6.45) is -0.00884. The summed E-state index contributed by atoms with van der Waals surface area (Å²) in [6.45, 7) is 0. The molecular weight excluding hydrogens is 384 g/mol. The van der Waals surface area contributed by atoms with Crippen molar-refractivity contribution in [1.82, 2.24) is 15.2 Å². The van der Waals surface area contributed by atoms with Gasteiger partial charge in [-0.25, -0.2) is 4.79 Å². The van der Waals surface area contributed by atoms with Gasteiger partial charge in [-0.2, -0.15) is 0 Å². The standard InChI is InChI=1S/C18H14N4O5S/c23-16-14(9-12-5-1-2-7-15(12)22(26)27)20-21-18(19-16)28-10-11-4-3-6-13(8-11)17(24)25/h1-8H,9-10H2,(H,24,25)(H,19,21,23). The second-order valence-electron chi connectivity index (χ2n) is 5.76. The van der Waals surface area contributed by atoms with E-state index in [2.05, 4.69) is 15.2 Å². The van der Waals surface area contributed by atoms with Gasteiger partial charge in [-0.3, -0.25) is 19.9 Å². The zero-order chi connectivity index (χ0) is 20.1. The van der Waals surface area contributed by atoms with Gasteiger partial charge in [0.25, 0.3) is 11.2 Å². The molecule has 0 saturated carbocycles. The van der Waals surface area contributed by atoms with Gasteiger partial charge in [0, 0.05) is 23.8 Å². The number of para-hydroxylation sites is 1. The molecule has 0 saturated heterocycles. The van der Waals surface area contributed by atoms with Crippen LogP contribution in [0.2, 0.25) is 0 Å². The summed E-state index contributed by atoms with van der Waals surface area (Å²) in [4.78, 5) is 36.4. The highest BCUT2D eigenvalue weighted by molar-refractivity contribution is 7.98. The number of nitrogens with zero attached hydrogens (tertiary/aromatic N) is 3.